The molecule has 0 saturated carbocycles. The van der Waals surface area contributed by atoms with Crippen LogP contribution in [-0.2, 0) is 19.3 Å². The molecule has 0 spiro atoms. The van der Waals surface area contributed by atoms with Crippen molar-refractivity contribution in [2.45, 2.75) is 38.5 Å². The molecule has 0 aliphatic heterocycles. The number of hydrogen-bond acceptors (Lipinski definition) is 5. The molecule has 4 rings (SSSR count). The van der Waals surface area contributed by atoms with Gasteiger partial charge in [0.1, 0.15) is 5.69 Å². The molecule has 132 valence electrons. The molecule has 26 heavy (non-hydrogen) atoms. The maximum atomic E-state index is 5.11. The molecule has 5 heteroatoms. The minimum absolute atomic E-state index is 0.619. The molecule has 0 saturated heterocycles. The smallest absolute Gasteiger partial charge is 0.212 e. The number of nitrogens with zero attached hydrogens (tertiary/aromatic N) is 4. The molecule has 0 fully saturated rings. The van der Waals surface area contributed by atoms with Gasteiger partial charge in [-0.05, 0) is 48.9 Å². The van der Waals surface area contributed by atoms with Gasteiger partial charge < -0.3 is 4.74 Å². The second-order valence-corrected chi connectivity index (χ2v) is 6.63. The molecule has 0 N–H and O–H groups in total. The van der Waals surface area contributed by atoms with Crippen LogP contribution in [0.15, 0.2) is 42.7 Å². The summed E-state index contributed by atoms with van der Waals surface area (Å²) in [6.07, 6.45) is 10.4. The summed E-state index contributed by atoms with van der Waals surface area (Å²) >= 11 is 0. The Balaban J connectivity index is 1.58. The maximum Gasteiger partial charge on any atom is 0.212 e. The Morgan fingerprint density at radius 1 is 0.923 bits per heavy atom. The number of hydrogen-bond donors (Lipinski definition) is 0. The average molecular weight is 346 g/mol. The second kappa shape index (κ2) is 7.60. The monoisotopic (exact) mass is 346 g/mol. The summed E-state index contributed by atoms with van der Waals surface area (Å²) in [6.45, 7) is 0. The third kappa shape index (κ3) is 3.72. The highest BCUT2D eigenvalue weighted by Crippen LogP contribution is 2.21. The molecule has 1 aliphatic carbocycles. The number of rotatable bonds is 4. The molecule has 1 aliphatic rings. The van der Waals surface area contributed by atoms with Crippen LogP contribution in [0.5, 0.6) is 5.88 Å². The average Bonchev–Trinajstić information content (AvgIpc) is 2.93. The summed E-state index contributed by atoms with van der Waals surface area (Å²) in [5.74, 6) is 1.34. The SMILES string of the molecule is COc1ccc(Cc2cccc(-c3ncc4c(n3)CCCCC4)n2)cn1. The lowest BCUT2D eigenvalue weighted by molar-refractivity contribution is 0.397. The third-order valence-corrected chi connectivity index (χ3v) is 4.74. The van der Waals surface area contributed by atoms with Crippen molar-refractivity contribution in [2.75, 3.05) is 7.11 Å². The molecule has 0 bridgehead atoms. The lowest BCUT2D eigenvalue weighted by Gasteiger charge is -2.08. The molecular weight excluding hydrogens is 324 g/mol. The summed E-state index contributed by atoms with van der Waals surface area (Å²) < 4.78 is 5.11. The van der Waals surface area contributed by atoms with Crippen molar-refractivity contribution in [1.29, 1.82) is 0 Å². The van der Waals surface area contributed by atoms with E-state index in [4.69, 9.17) is 14.7 Å². The summed E-state index contributed by atoms with van der Waals surface area (Å²) in [7, 11) is 1.62. The van der Waals surface area contributed by atoms with Crippen LogP contribution in [-0.4, -0.2) is 27.0 Å². The van der Waals surface area contributed by atoms with Gasteiger partial charge in [-0.15, -0.1) is 0 Å². The first kappa shape index (κ1) is 16.6. The first-order valence-corrected chi connectivity index (χ1v) is 9.12. The number of methoxy groups -OCH3 is 1. The van der Waals surface area contributed by atoms with Crippen molar-refractivity contribution in [2.24, 2.45) is 0 Å². The zero-order chi connectivity index (χ0) is 17.8. The van der Waals surface area contributed by atoms with Crippen LogP contribution < -0.4 is 4.74 Å². The van der Waals surface area contributed by atoms with Crippen LogP contribution in [0.3, 0.4) is 0 Å². The first-order chi connectivity index (χ1) is 12.8. The van der Waals surface area contributed by atoms with Gasteiger partial charge in [-0.3, -0.25) is 0 Å². The highest BCUT2D eigenvalue weighted by Gasteiger charge is 2.13. The zero-order valence-electron chi connectivity index (χ0n) is 15.0. The number of pyridine rings is 2. The van der Waals surface area contributed by atoms with E-state index in [2.05, 4.69) is 9.97 Å². The van der Waals surface area contributed by atoms with E-state index in [1.807, 2.05) is 42.7 Å². The Morgan fingerprint density at radius 3 is 2.69 bits per heavy atom. The van der Waals surface area contributed by atoms with Gasteiger partial charge in [0.25, 0.3) is 0 Å². The molecular formula is C21H22N4O. The lowest BCUT2D eigenvalue weighted by Crippen LogP contribution is -2.02. The van der Waals surface area contributed by atoms with E-state index in [1.165, 1.54) is 30.5 Å². The fraction of sp³-hybridized carbons (Fsp3) is 0.333. The Labute approximate surface area is 153 Å². The van der Waals surface area contributed by atoms with Gasteiger partial charge in [0.2, 0.25) is 5.88 Å². The van der Waals surface area contributed by atoms with Gasteiger partial charge >= 0.3 is 0 Å². The normalized spacial score (nSPS) is 13.7. The van der Waals surface area contributed by atoms with Crippen molar-refractivity contribution in [1.82, 2.24) is 19.9 Å². The number of aromatic nitrogens is 4. The van der Waals surface area contributed by atoms with Crippen LogP contribution in [0.1, 0.15) is 41.8 Å². The number of fused-ring (bicyclic) bond motifs is 1. The van der Waals surface area contributed by atoms with E-state index in [0.717, 1.165) is 42.0 Å². The molecule has 0 radical (unpaired) electrons. The van der Waals surface area contributed by atoms with E-state index in [1.54, 1.807) is 7.11 Å². The molecule has 0 aromatic carbocycles. The second-order valence-electron chi connectivity index (χ2n) is 6.63. The van der Waals surface area contributed by atoms with Gasteiger partial charge in [-0.2, -0.15) is 0 Å². The molecule has 5 nitrogen and oxygen atoms in total. The van der Waals surface area contributed by atoms with Gasteiger partial charge in [-0.1, -0.05) is 18.6 Å². The lowest BCUT2D eigenvalue weighted by atomic mass is 10.1. The van der Waals surface area contributed by atoms with E-state index < -0.39 is 0 Å². The quantitative estimate of drug-likeness (QED) is 0.673. The van der Waals surface area contributed by atoms with Crippen molar-refractivity contribution in [3.05, 3.63) is 65.2 Å². The van der Waals surface area contributed by atoms with E-state index in [0.29, 0.717) is 5.88 Å². The van der Waals surface area contributed by atoms with Gasteiger partial charge in [0.05, 0.1) is 7.11 Å². The highest BCUT2D eigenvalue weighted by molar-refractivity contribution is 5.50. The van der Waals surface area contributed by atoms with Crippen molar-refractivity contribution < 1.29 is 4.74 Å². The Bertz CT molecular complexity index is 893. The molecule has 3 aromatic rings. The summed E-state index contributed by atoms with van der Waals surface area (Å²) in [5, 5.41) is 0. The maximum absolute atomic E-state index is 5.11. The van der Waals surface area contributed by atoms with E-state index >= 15 is 0 Å². The molecule has 0 amide bonds. The van der Waals surface area contributed by atoms with Crippen LogP contribution in [0, 0.1) is 0 Å². The summed E-state index contributed by atoms with van der Waals surface area (Å²) in [6, 6.07) is 9.91. The fourth-order valence-electron chi connectivity index (χ4n) is 3.32. The minimum Gasteiger partial charge on any atom is -0.481 e. The Kier molecular flexibility index (Phi) is 4.86. The van der Waals surface area contributed by atoms with Gasteiger partial charge in [-0.25, -0.2) is 19.9 Å². The summed E-state index contributed by atoms with van der Waals surface area (Å²) in [5.41, 5.74) is 5.40. The van der Waals surface area contributed by atoms with Crippen LogP contribution >= 0.6 is 0 Å². The van der Waals surface area contributed by atoms with Crippen LogP contribution in [0.25, 0.3) is 11.5 Å². The minimum atomic E-state index is 0.619. The first-order valence-electron chi connectivity index (χ1n) is 9.12. The van der Waals surface area contributed by atoms with Crippen molar-refractivity contribution in [3.63, 3.8) is 0 Å². The Morgan fingerprint density at radius 2 is 1.85 bits per heavy atom. The van der Waals surface area contributed by atoms with Crippen LogP contribution in [0.2, 0.25) is 0 Å². The van der Waals surface area contributed by atoms with Crippen LogP contribution in [0.4, 0.5) is 0 Å². The fourth-order valence-corrected chi connectivity index (χ4v) is 3.32. The largest absolute Gasteiger partial charge is 0.481 e. The number of aryl methyl sites for hydroxylation is 2. The molecule has 3 heterocycles. The van der Waals surface area contributed by atoms with Crippen molar-refractivity contribution in [3.8, 4) is 17.4 Å². The molecule has 0 atom stereocenters. The van der Waals surface area contributed by atoms with Crippen molar-refractivity contribution >= 4 is 0 Å². The van der Waals surface area contributed by atoms with Gasteiger partial charge in [0.15, 0.2) is 5.82 Å². The Hall–Kier alpha value is -2.82. The summed E-state index contributed by atoms with van der Waals surface area (Å²) in [4.78, 5) is 18.4. The zero-order valence-corrected chi connectivity index (χ0v) is 15.0. The van der Waals surface area contributed by atoms with E-state index in [9.17, 15) is 0 Å². The highest BCUT2D eigenvalue weighted by atomic mass is 16.5. The standard InChI is InChI=1S/C21H22N4O/c1-26-20-11-10-15(13-22-20)12-17-7-5-9-19(24-17)21-23-14-16-6-3-2-4-8-18(16)25-21/h5,7,9-11,13-14H,2-4,6,8,12H2,1H3. The predicted octanol–water partition coefficient (Wildman–Crippen LogP) is 3.80. The van der Waals surface area contributed by atoms with Gasteiger partial charge in [0, 0.05) is 36.3 Å². The molecule has 3 aromatic heterocycles. The number of ether oxygens (including phenoxy) is 1. The predicted molar refractivity (Wildman–Crippen MR) is 100 cm³/mol. The topological polar surface area (TPSA) is 60.8 Å². The van der Waals surface area contributed by atoms with E-state index in [-0.39, 0.29) is 0 Å². The third-order valence-electron chi connectivity index (χ3n) is 4.74. The molecule has 0 unspecified atom stereocenters.